The third-order valence-corrected chi connectivity index (χ3v) is 2.82. The van der Waals surface area contributed by atoms with Crippen LogP contribution < -0.4 is 0 Å². The maximum Gasteiger partial charge on any atom is 0.126 e. The van der Waals surface area contributed by atoms with E-state index < -0.39 is 0 Å². The molecule has 0 saturated heterocycles. The molecule has 3 heteroatoms. The maximum absolute atomic E-state index is 13.1. The average Bonchev–Trinajstić information content (AvgIpc) is 2.54. The van der Waals surface area contributed by atoms with Gasteiger partial charge in [0.1, 0.15) is 5.82 Å². The molecule has 0 unspecified atom stereocenters. The van der Waals surface area contributed by atoms with Gasteiger partial charge in [0, 0.05) is 16.3 Å². The molecule has 74 valence electrons. The van der Waals surface area contributed by atoms with Gasteiger partial charge in [0.05, 0.1) is 10.5 Å². The van der Waals surface area contributed by atoms with Crippen LogP contribution in [0.5, 0.6) is 0 Å². The molecule has 3 rings (SSSR count). The first kappa shape index (κ1) is 8.74. The summed E-state index contributed by atoms with van der Waals surface area (Å²) >= 11 is 6.02. The van der Waals surface area contributed by atoms with Crippen molar-refractivity contribution in [2.24, 2.45) is 0 Å². The molecule has 0 aliphatic rings. The number of fused-ring (bicyclic) bond motifs is 3. The fourth-order valence-corrected chi connectivity index (χ4v) is 2.21. The number of benzene rings is 2. The zero-order valence-corrected chi connectivity index (χ0v) is 8.48. The molecule has 0 bridgehead atoms. The summed E-state index contributed by atoms with van der Waals surface area (Å²) in [5, 5.41) is 2.36. The number of hydrogen-bond donors (Lipinski definition) is 1. The second-order valence-corrected chi connectivity index (χ2v) is 3.89. The van der Waals surface area contributed by atoms with E-state index in [1.807, 2.05) is 24.3 Å². The summed E-state index contributed by atoms with van der Waals surface area (Å²) in [5.41, 5.74) is 1.71. The van der Waals surface area contributed by atoms with Gasteiger partial charge in [0.2, 0.25) is 0 Å². The smallest absolute Gasteiger partial charge is 0.126 e. The van der Waals surface area contributed by atoms with E-state index in [4.69, 9.17) is 11.6 Å². The van der Waals surface area contributed by atoms with E-state index in [0.29, 0.717) is 5.02 Å². The summed E-state index contributed by atoms with van der Waals surface area (Å²) in [7, 11) is 0. The van der Waals surface area contributed by atoms with Crippen molar-refractivity contribution in [1.29, 1.82) is 0 Å². The molecule has 0 amide bonds. The van der Waals surface area contributed by atoms with Crippen LogP contribution in [0.15, 0.2) is 36.4 Å². The lowest BCUT2D eigenvalue weighted by Crippen LogP contribution is -1.75. The van der Waals surface area contributed by atoms with Gasteiger partial charge >= 0.3 is 0 Å². The molecular weight excluding hydrogens is 213 g/mol. The molecule has 1 heterocycles. The van der Waals surface area contributed by atoms with Gasteiger partial charge in [0.15, 0.2) is 0 Å². The van der Waals surface area contributed by atoms with Gasteiger partial charge in [-0.05, 0) is 18.2 Å². The molecule has 0 aliphatic heterocycles. The second-order valence-electron chi connectivity index (χ2n) is 3.48. The van der Waals surface area contributed by atoms with Crippen molar-refractivity contribution < 1.29 is 4.39 Å². The lowest BCUT2D eigenvalue weighted by Gasteiger charge is -1.95. The fourth-order valence-electron chi connectivity index (χ4n) is 1.90. The van der Waals surface area contributed by atoms with Gasteiger partial charge in [-0.2, -0.15) is 0 Å². The molecule has 0 atom stereocenters. The van der Waals surface area contributed by atoms with Gasteiger partial charge in [0.25, 0.3) is 0 Å². The maximum atomic E-state index is 13.1. The van der Waals surface area contributed by atoms with Crippen molar-refractivity contribution in [2.45, 2.75) is 0 Å². The number of para-hydroxylation sites is 1. The van der Waals surface area contributed by atoms with Gasteiger partial charge in [-0.1, -0.05) is 29.8 Å². The van der Waals surface area contributed by atoms with Gasteiger partial charge in [-0.15, -0.1) is 0 Å². The Morgan fingerprint density at radius 3 is 2.73 bits per heavy atom. The Hall–Kier alpha value is -1.54. The molecule has 1 aromatic heterocycles. The van der Waals surface area contributed by atoms with Crippen LogP contribution >= 0.6 is 11.6 Å². The van der Waals surface area contributed by atoms with Crippen LogP contribution in [0.3, 0.4) is 0 Å². The van der Waals surface area contributed by atoms with Crippen LogP contribution in [-0.4, -0.2) is 4.98 Å². The number of aromatic amines is 1. The van der Waals surface area contributed by atoms with Crippen LogP contribution in [0.1, 0.15) is 0 Å². The van der Waals surface area contributed by atoms with Gasteiger partial charge < -0.3 is 4.98 Å². The summed E-state index contributed by atoms with van der Waals surface area (Å²) in [6.45, 7) is 0. The van der Waals surface area contributed by atoms with E-state index >= 15 is 0 Å². The number of H-pyrrole nitrogens is 1. The largest absolute Gasteiger partial charge is 0.354 e. The van der Waals surface area contributed by atoms with Crippen molar-refractivity contribution >= 4 is 33.4 Å². The molecule has 2 aromatic carbocycles. The van der Waals surface area contributed by atoms with E-state index in [9.17, 15) is 4.39 Å². The van der Waals surface area contributed by atoms with Crippen molar-refractivity contribution in [2.75, 3.05) is 0 Å². The van der Waals surface area contributed by atoms with Crippen molar-refractivity contribution in [3.05, 3.63) is 47.2 Å². The molecule has 15 heavy (non-hydrogen) atoms. The molecule has 1 nitrogen and oxygen atoms in total. The number of hydrogen-bond acceptors (Lipinski definition) is 0. The monoisotopic (exact) mass is 219 g/mol. The Morgan fingerprint density at radius 1 is 1.07 bits per heavy atom. The van der Waals surface area contributed by atoms with Crippen LogP contribution in [0, 0.1) is 5.82 Å². The van der Waals surface area contributed by atoms with Crippen LogP contribution in [0.4, 0.5) is 4.39 Å². The minimum Gasteiger partial charge on any atom is -0.354 e. The number of aromatic nitrogens is 1. The summed E-state index contributed by atoms with van der Waals surface area (Å²) in [6.07, 6.45) is 0. The topological polar surface area (TPSA) is 15.8 Å². The first-order valence-electron chi connectivity index (χ1n) is 4.61. The fraction of sp³-hybridized carbons (Fsp3) is 0. The zero-order valence-electron chi connectivity index (χ0n) is 7.72. The van der Waals surface area contributed by atoms with E-state index in [-0.39, 0.29) is 5.82 Å². The average molecular weight is 220 g/mol. The lowest BCUT2D eigenvalue weighted by atomic mass is 10.1. The number of halogens is 2. The van der Waals surface area contributed by atoms with E-state index in [2.05, 4.69) is 4.98 Å². The first-order valence-corrected chi connectivity index (χ1v) is 4.99. The lowest BCUT2D eigenvalue weighted by molar-refractivity contribution is 0.629. The normalized spacial score (nSPS) is 11.3. The Kier molecular flexibility index (Phi) is 1.73. The highest BCUT2D eigenvalue weighted by molar-refractivity contribution is 6.37. The van der Waals surface area contributed by atoms with E-state index in [1.54, 1.807) is 0 Å². The molecule has 3 aromatic rings. The first-order chi connectivity index (χ1) is 7.25. The van der Waals surface area contributed by atoms with Crippen molar-refractivity contribution in [3.8, 4) is 0 Å². The highest BCUT2D eigenvalue weighted by Gasteiger charge is 2.08. The minimum absolute atomic E-state index is 0.320. The summed E-state index contributed by atoms with van der Waals surface area (Å²) < 4.78 is 13.1. The summed E-state index contributed by atoms with van der Waals surface area (Å²) in [6, 6.07) is 10.6. The molecular formula is C12H7ClFN. The van der Waals surface area contributed by atoms with Gasteiger partial charge in [-0.3, -0.25) is 0 Å². The minimum atomic E-state index is -0.320. The van der Waals surface area contributed by atoms with E-state index in [1.165, 1.54) is 12.1 Å². The Bertz CT molecular complexity index is 657. The summed E-state index contributed by atoms with van der Waals surface area (Å²) in [5.74, 6) is -0.320. The highest BCUT2D eigenvalue weighted by Crippen LogP contribution is 2.31. The van der Waals surface area contributed by atoms with Crippen molar-refractivity contribution in [3.63, 3.8) is 0 Å². The molecule has 0 saturated carbocycles. The van der Waals surface area contributed by atoms with Crippen LogP contribution in [-0.2, 0) is 0 Å². The molecule has 0 fully saturated rings. The van der Waals surface area contributed by atoms with Gasteiger partial charge in [-0.25, -0.2) is 4.39 Å². The number of nitrogens with one attached hydrogen (secondary N) is 1. The Labute approximate surface area is 90.5 Å². The molecule has 0 spiro atoms. The quantitative estimate of drug-likeness (QED) is 0.586. The highest BCUT2D eigenvalue weighted by atomic mass is 35.5. The SMILES string of the molecule is Fc1cc(Cl)c2c(c1)[nH]c1ccccc12. The second kappa shape index (κ2) is 2.97. The van der Waals surface area contributed by atoms with Crippen LogP contribution in [0.2, 0.25) is 5.02 Å². The molecule has 1 N–H and O–H groups in total. The van der Waals surface area contributed by atoms with Crippen LogP contribution in [0.25, 0.3) is 21.8 Å². The number of rotatable bonds is 0. The Morgan fingerprint density at radius 2 is 1.87 bits per heavy atom. The predicted molar refractivity (Wildman–Crippen MR) is 60.8 cm³/mol. The van der Waals surface area contributed by atoms with E-state index in [0.717, 1.165) is 21.8 Å². The standard InChI is InChI=1S/C12H7ClFN/c13-9-5-7(14)6-11-12(9)8-3-1-2-4-10(8)15-11/h1-6,15H. The molecule has 0 aliphatic carbocycles. The summed E-state index contributed by atoms with van der Waals surface area (Å²) in [4.78, 5) is 3.14. The third kappa shape index (κ3) is 1.22. The Balaban J connectivity index is 2.61. The predicted octanol–water partition coefficient (Wildman–Crippen LogP) is 4.11. The molecule has 0 radical (unpaired) electrons. The third-order valence-electron chi connectivity index (χ3n) is 2.52. The zero-order chi connectivity index (χ0) is 10.4. The van der Waals surface area contributed by atoms with Crippen molar-refractivity contribution in [1.82, 2.24) is 4.98 Å².